The summed E-state index contributed by atoms with van der Waals surface area (Å²) in [6, 6.07) is 6.66. The van der Waals surface area contributed by atoms with E-state index >= 15 is 0 Å². The predicted molar refractivity (Wildman–Crippen MR) is 73.3 cm³/mol. The maximum atomic E-state index is 13.5. The molecule has 0 atom stereocenters. The number of nitro benzene ring substituents is 1. The highest BCUT2D eigenvalue weighted by molar-refractivity contribution is 7.11. The van der Waals surface area contributed by atoms with Gasteiger partial charge in [0.25, 0.3) is 11.6 Å². The van der Waals surface area contributed by atoms with E-state index in [1.807, 2.05) is 19.1 Å². The molecular weight excluding hydrogens is 283 g/mol. The number of rotatable bonds is 4. The van der Waals surface area contributed by atoms with E-state index in [0.29, 0.717) is 0 Å². The average molecular weight is 294 g/mol. The molecule has 2 aromatic rings. The number of amides is 1. The van der Waals surface area contributed by atoms with Crippen LogP contribution in [-0.4, -0.2) is 10.8 Å². The van der Waals surface area contributed by atoms with Gasteiger partial charge in [-0.2, -0.15) is 0 Å². The second-order valence-corrected chi connectivity index (χ2v) is 5.49. The minimum Gasteiger partial charge on any atom is -0.347 e. The summed E-state index contributed by atoms with van der Waals surface area (Å²) in [7, 11) is 0. The molecule has 0 fully saturated rings. The Hall–Kier alpha value is -2.28. The zero-order valence-electron chi connectivity index (χ0n) is 10.6. The van der Waals surface area contributed by atoms with E-state index in [1.54, 1.807) is 0 Å². The first kappa shape index (κ1) is 14.1. The Balaban J connectivity index is 2.12. The van der Waals surface area contributed by atoms with Crippen LogP contribution in [0.5, 0.6) is 0 Å². The van der Waals surface area contributed by atoms with E-state index in [1.165, 1.54) is 11.3 Å². The molecule has 104 valence electrons. The summed E-state index contributed by atoms with van der Waals surface area (Å²) in [5, 5.41) is 13.2. The third kappa shape index (κ3) is 3.18. The zero-order valence-corrected chi connectivity index (χ0v) is 11.4. The van der Waals surface area contributed by atoms with Gasteiger partial charge in [-0.1, -0.05) is 0 Å². The Labute approximate surface area is 118 Å². The predicted octanol–water partition coefficient (Wildman–Crippen LogP) is 3.03. The quantitative estimate of drug-likeness (QED) is 0.696. The lowest BCUT2D eigenvalue weighted by Crippen LogP contribution is -2.23. The van der Waals surface area contributed by atoms with Crippen LogP contribution in [0.25, 0.3) is 0 Å². The highest BCUT2D eigenvalue weighted by Gasteiger charge is 2.16. The maximum absolute atomic E-state index is 13.5. The summed E-state index contributed by atoms with van der Waals surface area (Å²) >= 11 is 1.52. The van der Waals surface area contributed by atoms with Gasteiger partial charge in [-0.15, -0.1) is 11.3 Å². The molecule has 0 aliphatic rings. The number of thiophene rings is 1. The van der Waals surface area contributed by atoms with E-state index < -0.39 is 16.6 Å². The molecule has 0 saturated heterocycles. The molecule has 1 aromatic heterocycles. The number of non-ortho nitro benzene ring substituents is 1. The standard InChI is InChI=1S/C13H11FN2O3S/c1-8-2-4-10(20-8)7-15-13(17)11-6-9(16(18)19)3-5-12(11)14/h2-6H,7H2,1H3,(H,15,17). The Bertz CT molecular complexity index is 669. The Morgan fingerprint density at radius 3 is 2.75 bits per heavy atom. The molecule has 0 radical (unpaired) electrons. The fraction of sp³-hybridized carbons (Fsp3) is 0.154. The van der Waals surface area contributed by atoms with Gasteiger partial charge in [0.1, 0.15) is 5.82 Å². The number of nitrogens with zero attached hydrogens (tertiary/aromatic N) is 1. The molecular formula is C13H11FN2O3S. The molecule has 1 amide bonds. The fourth-order valence-electron chi connectivity index (χ4n) is 1.64. The van der Waals surface area contributed by atoms with Crippen LogP contribution in [0.15, 0.2) is 30.3 Å². The number of aryl methyl sites for hydroxylation is 1. The average Bonchev–Trinajstić information content (AvgIpc) is 2.82. The number of hydrogen-bond donors (Lipinski definition) is 1. The summed E-state index contributed by atoms with van der Waals surface area (Å²) in [6.45, 7) is 2.20. The molecule has 2 rings (SSSR count). The van der Waals surface area contributed by atoms with Gasteiger partial charge in [0, 0.05) is 21.9 Å². The largest absolute Gasteiger partial charge is 0.347 e. The van der Waals surface area contributed by atoms with Crippen LogP contribution in [-0.2, 0) is 6.54 Å². The van der Waals surface area contributed by atoms with Crippen LogP contribution in [0.3, 0.4) is 0 Å². The van der Waals surface area contributed by atoms with Gasteiger partial charge in [-0.05, 0) is 25.1 Å². The number of carbonyl (C=O) groups is 1. The van der Waals surface area contributed by atoms with E-state index in [9.17, 15) is 19.3 Å². The van der Waals surface area contributed by atoms with Crippen molar-refractivity contribution < 1.29 is 14.1 Å². The minimum absolute atomic E-state index is 0.263. The molecule has 1 aromatic carbocycles. The smallest absolute Gasteiger partial charge is 0.270 e. The first-order valence-corrected chi connectivity index (χ1v) is 6.56. The molecule has 1 heterocycles. The van der Waals surface area contributed by atoms with E-state index in [4.69, 9.17) is 0 Å². The lowest BCUT2D eigenvalue weighted by Gasteiger charge is -2.04. The van der Waals surface area contributed by atoms with Crippen LogP contribution < -0.4 is 5.32 Å². The van der Waals surface area contributed by atoms with Gasteiger partial charge in [0.2, 0.25) is 0 Å². The summed E-state index contributed by atoms with van der Waals surface area (Å²) in [4.78, 5) is 23.8. The molecule has 0 spiro atoms. The Kier molecular flexibility index (Phi) is 4.09. The third-order valence-electron chi connectivity index (χ3n) is 2.62. The SMILES string of the molecule is Cc1ccc(CNC(=O)c2cc([N+](=O)[O-])ccc2F)s1. The van der Waals surface area contributed by atoms with Crippen molar-refractivity contribution in [3.63, 3.8) is 0 Å². The monoisotopic (exact) mass is 294 g/mol. The van der Waals surface area contributed by atoms with Crippen molar-refractivity contribution >= 4 is 22.9 Å². The van der Waals surface area contributed by atoms with Crippen molar-refractivity contribution in [1.82, 2.24) is 5.32 Å². The third-order valence-corrected chi connectivity index (χ3v) is 3.63. The number of halogens is 1. The van der Waals surface area contributed by atoms with Crippen LogP contribution in [0, 0.1) is 22.9 Å². The highest BCUT2D eigenvalue weighted by atomic mass is 32.1. The van der Waals surface area contributed by atoms with E-state index in [0.717, 1.165) is 28.0 Å². The van der Waals surface area contributed by atoms with Crippen LogP contribution in [0.1, 0.15) is 20.1 Å². The number of nitrogens with one attached hydrogen (secondary N) is 1. The van der Waals surface area contributed by atoms with Crippen molar-refractivity contribution in [3.8, 4) is 0 Å². The van der Waals surface area contributed by atoms with Crippen molar-refractivity contribution in [2.24, 2.45) is 0 Å². The second-order valence-electron chi connectivity index (χ2n) is 4.12. The van der Waals surface area contributed by atoms with Crippen LogP contribution >= 0.6 is 11.3 Å². The van der Waals surface area contributed by atoms with Gasteiger partial charge in [0.15, 0.2) is 0 Å². The minimum atomic E-state index is -0.782. The van der Waals surface area contributed by atoms with Crippen LogP contribution in [0.4, 0.5) is 10.1 Å². The lowest BCUT2D eigenvalue weighted by atomic mass is 10.1. The summed E-state index contributed by atoms with van der Waals surface area (Å²) in [5.41, 5.74) is -0.643. The summed E-state index contributed by atoms with van der Waals surface area (Å²) in [5.74, 6) is -1.45. The van der Waals surface area contributed by atoms with Crippen molar-refractivity contribution in [1.29, 1.82) is 0 Å². The van der Waals surface area contributed by atoms with Crippen molar-refractivity contribution in [2.45, 2.75) is 13.5 Å². The molecule has 0 aliphatic carbocycles. The first-order chi connectivity index (χ1) is 9.47. The summed E-state index contributed by atoms with van der Waals surface area (Å²) in [6.07, 6.45) is 0. The second kappa shape index (κ2) is 5.79. The topological polar surface area (TPSA) is 72.2 Å². The number of nitro groups is 1. The number of benzene rings is 1. The van der Waals surface area contributed by atoms with Gasteiger partial charge < -0.3 is 5.32 Å². The molecule has 0 saturated carbocycles. The number of hydrogen-bond acceptors (Lipinski definition) is 4. The normalized spacial score (nSPS) is 10.3. The zero-order chi connectivity index (χ0) is 14.7. The maximum Gasteiger partial charge on any atom is 0.270 e. The van der Waals surface area contributed by atoms with Crippen molar-refractivity contribution in [3.05, 3.63) is 61.6 Å². The molecule has 0 unspecified atom stereocenters. The van der Waals surface area contributed by atoms with Gasteiger partial charge >= 0.3 is 0 Å². The van der Waals surface area contributed by atoms with Gasteiger partial charge in [0.05, 0.1) is 17.0 Å². The molecule has 0 aliphatic heterocycles. The Morgan fingerprint density at radius 1 is 1.40 bits per heavy atom. The molecule has 20 heavy (non-hydrogen) atoms. The van der Waals surface area contributed by atoms with Crippen molar-refractivity contribution in [2.75, 3.05) is 0 Å². The molecule has 1 N–H and O–H groups in total. The van der Waals surface area contributed by atoms with E-state index in [-0.39, 0.29) is 17.8 Å². The summed E-state index contributed by atoms with van der Waals surface area (Å²) < 4.78 is 13.5. The Morgan fingerprint density at radius 2 is 2.15 bits per heavy atom. The fourth-order valence-corrected chi connectivity index (χ4v) is 2.47. The van der Waals surface area contributed by atoms with E-state index in [2.05, 4.69) is 5.32 Å². The first-order valence-electron chi connectivity index (χ1n) is 5.75. The molecule has 5 nitrogen and oxygen atoms in total. The number of carbonyl (C=O) groups excluding carboxylic acids is 1. The van der Waals surface area contributed by atoms with Gasteiger partial charge in [-0.25, -0.2) is 4.39 Å². The lowest BCUT2D eigenvalue weighted by molar-refractivity contribution is -0.384. The molecule has 7 heteroatoms. The van der Waals surface area contributed by atoms with Gasteiger partial charge in [-0.3, -0.25) is 14.9 Å². The highest BCUT2D eigenvalue weighted by Crippen LogP contribution is 2.18. The van der Waals surface area contributed by atoms with Crippen LogP contribution in [0.2, 0.25) is 0 Å². The molecule has 0 bridgehead atoms.